The van der Waals surface area contributed by atoms with Crippen molar-refractivity contribution in [2.24, 2.45) is 0 Å². The molecule has 110 valence electrons. The van der Waals surface area contributed by atoms with Crippen LogP contribution in [0.1, 0.15) is 31.7 Å². The summed E-state index contributed by atoms with van der Waals surface area (Å²) in [5.74, 6) is 0.104. The highest BCUT2D eigenvalue weighted by atomic mass is 16.2. The molecule has 5 heteroatoms. The molecule has 1 aromatic rings. The number of benzene rings is 1. The Morgan fingerprint density at radius 1 is 1.15 bits per heavy atom. The van der Waals surface area contributed by atoms with Gasteiger partial charge in [0.05, 0.1) is 13.1 Å². The highest BCUT2D eigenvalue weighted by molar-refractivity contribution is 5.93. The molecule has 1 rings (SSSR count). The van der Waals surface area contributed by atoms with Gasteiger partial charge in [0.25, 0.3) is 0 Å². The van der Waals surface area contributed by atoms with Crippen molar-refractivity contribution in [3.05, 3.63) is 29.8 Å². The molecular formula is C15H23N3O2. The van der Waals surface area contributed by atoms with Crippen LogP contribution in [-0.4, -0.2) is 32.0 Å². The lowest BCUT2D eigenvalue weighted by atomic mass is 9.97. The van der Waals surface area contributed by atoms with E-state index in [-0.39, 0.29) is 24.9 Å². The lowest BCUT2D eigenvalue weighted by molar-refractivity contribution is -0.119. The van der Waals surface area contributed by atoms with E-state index in [0.29, 0.717) is 5.92 Å². The fourth-order valence-corrected chi connectivity index (χ4v) is 1.83. The van der Waals surface area contributed by atoms with Crippen molar-refractivity contribution < 1.29 is 9.59 Å². The van der Waals surface area contributed by atoms with Gasteiger partial charge in [-0.15, -0.1) is 0 Å². The number of rotatable bonds is 7. The van der Waals surface area contributed by atoms with Gasteiger partial charge in [-0.2, -0.15) is 0 Å². The molecule has 2 amide bonds. The first kappa shape index (κ1) is 16.2. The molecule has 0 aliphatic heterocycles. The average Bonchev–Trinajstić information content (AvgIpc) is 2.46. The topological polar surface area (TPSA) is 70.2 Å². The van der Waals surface area contributed by atoms with E-state index >= 15 is 0 Å². The number of amides is 2. The van der Waals surface area contributed by atoms with Crippen LogP contribution in [0, 0.1) is 0 Å². The lowest BCUT2D eigenvalue weighted by Gasteiger charge is -2.15. The van der Waals surface area contributed by atoms with Crippen LogP contribution < -0.4 is 16.0 Å². The monoisotopic (exact) mass is 277 g/mol. The second-order valence-corrected chi connectivity index (χ2v) is 4.72. The third kappa shape index (κ3) is 5.01. The van der Waals surface area contributed by atoms with E-state index in [1.807, 2.05) is 24.3 Å². The van der Waals surface area contributed by atoms with Gasteiger partial charge in [-0.1, -0.05) is 32.0 Å². The Kier molecular flexibility index (Phi) is 6.73. The number of hydrogen-bond acceptors (Lipinski definition) is 3. The zero-order valence-corrected chi connectivity index (χ0v) is 12.3. The van der Waals surface area contributed by atoms with Gasteiger partial charge in [-0.05, 0) is 24.0 Å². The largest absolute Gasteiger partial charge is 0.358 e. The first-order valence-corrected chi connectivity index (χ1v) is 6.88. The maximum Gasteiger partial charge on any atom is 0.238 e. The summed E-state index contributed by atoms with van der Waals surface area (Å²) in [5, 5.41) is 8.17. The predicted octanol–water partition coefficient (Wildman–Crippen LogP) is 1.47. The quantitative estimate of drug-likeness (QED) is 0.707. The van der Waals surface area contributed by atoms with Crippen LogP contribution in [0.25, 0.3) is 0 Å². The molecule has 0 fully saturated rings. The number of carbonyl (C=O) groups excluding carboxylic acids is 2. The van der Waals surface area contributed by atoms with E-state index < -0.39 is 0 Å². The third-order valence-electron chi connectivity index (χ3n) is 3.23. The minimum atomic E-state index is -0.148. The molecule has 0 aromatic heterocycles. The summed E-state index contributed by atoms with van der Waals surface area (Å²) in [7, 11) is 1.56. The van der Waals surface area contributed by atoms with Crippen LogP contribution in [0.5, 0.6) is 0 Å². The van der Waals surface area contributed by atoms with Crippen LogP contribution in [0.15, 0.2) is 24.3 Å². The minimum absolute atomic E-state index is 0.113. The van der Waals surface area contributed by atoms with Gasteiger partial charge in [-0.3, -0.25) is 14.9 Å². The highest BCUT2D eigenvalue weighted by Crippen LogP contribution is 2.26. The summed E-state index contributed by atoms with van der Waals surface area (Å²) in [5.41, 5.74) is 1.98. The van der Waals surface area contributed by atoms with E-state index in [2.05, 4.69) is 29.8 Å². The maximum atomic E-state index is 11.8. The van der Waals surface area contributed by atoms with E-state index in [9.17, 15) is 9.59 Å². The van der Waals surface area contributed by atoms with Gasteiger partial charge in [0, 0.05) is 12.7 Å². The Bertz CT molecular complexity index is 460. The number of likely N-dealkylation sites (N-methyl/N-ethyl adjacent to an activating group) is 1. The molecule has 0 radical (unpaired) electrons. The molecule has 0 saturated heterocycles. The van der Waals surface area contributed by atoms with Crippen molar-refractivity contribution in [1.29, 1.82) is 0 Å². The van der Waals surface area contributed by atoms with E-state index in [1.54, 1.807) is 7.05 Å². The van der Waals surface area contributed by atoms with Gasteiger partial charge >= 0.3 is 0 Å². The van der Waals surface area contributed by atoms with Crippen LogP contribution in [-0.2, 0) is 9.59 Å². The first-order chi connectivity index (χ1) is 9.58. The molecule has 0 saturated carbocycles. The molecule has 0 unspecified atom stereocenters. The Balaban J connectivity index is 2.55. The minimum Gasteiger partial charge on any atom is -0.358 e. The van der Waals surface area contributed by atoms with Crippen molar-refractivity contribution in [3.8, 4) is 0 Å². The van der Waals surface area contributed by atoms with Gasteiger partial charge < -0.3 is 10.6 Å². The second-order valence-electron chi connectivity index (χ2n) is 4.72. The van der Waals surface area contributed by atoms with Crippen molar-refractivity contribution in [2.75, 3.05) is 25.5 Å². The van der Waals surface area contributed by atoms with Crippen molar-refractivity contribution >= 4 is 17.5 Å². The van der Waals surface area contributed by atoms with Gasteiger partial charge in [0.2, 0.25) is 11.8 Å². The average molecular weight is 277 g/mol. The van der Waals surface area contributed by atoms with Crippen molar-refractivity contribution in [1.82, 2.24) is 10.6 Å². The molecule has 5 nitrogen and oxygen atoms in total. The lowest BCUT2D eigenvalue weighted by Crippen LogP contribution is -2.36. The van der Waals surface area contributed by atoms with E-state index in [0.717, 1.165) is 17.7 Å². The summed E-state index contributed by atoms with van der Waals surface area (Å²) in [6.07, 6.45) is 1.02. The Hall–Kier alpha value is -1.88. The fraction of sp³-hybridized carbons (Fsp3) is 0.467. The summed E-state index contributed by atoms with van der Waals surface area (Å²) in [4.78, 5) is 22.9. The summed E-state index contributed by atoms with van der Waals surface area (Å²) >= 11 is 0. The van der Waals surface area contributed by atoms with E-state index in [4.69, 9.17) is 0 Å². The van der Waals surface area contributed by atoms with Crippen LogP contribution in [0.3, 0.4) is 0 Å². The predicted molar refractivity (Wildman–Crippen MR) is 80.7 cm³/mol. The molecular weight excluding hydrogens is 254 g/mol. The smallest absolute Gasteiger partial charge is 0.238 e. The van der Waals surface area contributed by atoms with Crippen LogP contribution in [0.4, 0.5) is 5.69 Å². The molecule has 0 heterocycles. The molecule has 0 aliphatic rings. The SMILES string of the molecule is CC[C@H](C)c1ccccc1NC(=O)CNCC(=O)NC. The number of carbonyl (C=O) groups is 2. The summed E-state index contributed by atoms with van der Waals surface area (Å²) in [6, 6.07) is 7.81. The molecule has 0 spiro atoms. The summed E-state index contributed by atoms with van der Waals surface area (Å²) in [6.45, 7) is 4.50. The molecule has 1 aromatic carbocycles. The zero-order valence-electron chi connectivity index (χ0n) is 12.3. The third-order valence-corrected chi connectivity index (χ3v) is 3.23. The van der Waals surface area contributed by atoms with Gasteiger partial charge in [0.1, 0.15) is 0 Å². The number of nitrogens with one attached hydrogen (secondary N) is 3. The first-order valence-electron chi connectivity index (χ1n) is 6.88. The molecule has 1 atom stereocenters. The van der Waals surface area contributed by atoms with Gasteiger partial charge in [0.15, 0.2) is 0 Å². The normalized spacial score (nSPS) is 11.8. The van der Waals surface area contributed by atoms with E-state index in [1.165, 1.54) is 0 Å². The Morgan fingerprint density at radius 3 is 2.45 bits per heavy atom. The maximum absolute atomic E-state index is 11.8. The van der Waals surface area contributed by atoms with Crippen molar-refractivity contribution in [2.45, 2.75) is 26.2 Å². The zero-order chi connectivity index (χ0) is 15.0. The van der Waals surface area contributed by atoms with Crippen LogP contribution in [0.2, 0.25) is 0 Å². The second kappa shape index (κ2) is 8.32. The Morgan fingerprint density at radius 2 is 1.80 bits per heavy atom. The number of hydrogen-bond donors (Lipinski definition) is 3. The molecule has 3 N–H and O–H groups in total. The Labute approximate surface area is 120 Å². The van der Waals surface area contributed by atoms with Crippen molar-refractivity contribution in [3.63, 3.8) is 0 Å². The molecule has 0 aliphatic carbocycles. The summed E-state index contributed by atoms with van der Waals surface area (Å²) < 4.78 is 0. The molecule has 20 heavy (non-hydrogen) atoms. The number of para-hydroxylation sites is 1. The highest BCUT2D eigenvalue weighted by Gasteiger charge is 2.10. The van der Waals surface area contributed by atoms with Crippen LogP contribution >= 0.6 is 0 Å². The standard InChI is InChI=1S/C15H23N3O2/c1-4-11(2)12-7-5-6-8-13(12)18-15(20)10-17-9-14(19)16-3/h5-8,11,17H,4,9-10H2,1-3H3,(H,16,19)(H,18,20)/t11-/m0/s1. The molecule has 0 bridgehead atoms. The number of anilines is 1. The fourth-order valence-electron chi connectivity index (χ4n) is 1.83. The van der Waals surface area contributed by atoms with Gasteiger partial charge in [-0.25, -0.2) is 0 Å².